The fourth-order valence-electron chi connectivity index (χ4n) is 2.78. The van der Waals surface area contributed by atoms with Crippen molar-refractivity contribution in [2.75, 3.05) is 0 Å². The summed E-state index contributed by atoms with van der Waals surface area (Å²) in [5.41, 5.74) is 2.56. The SMILES string of the molecule is Br[C@@H](c1ccccc1)[C@@H]1ON=C2CCCCC21. The molecular weight excluding hydrogens is 278 g/mol. The molecule has 1 heterocycles. The van der Waals surface area contributed by atoms with Crippen LogP contribution < -0.4 is 0 Å². The first kappa shape index (κ1) is 11.3. The largest absolute Gasteiger partial charge is 0.390 e. The molecule has 2 aliphatic rings. The van der Waals surface area contributed by atoms with Gasteiger partial charge < -0.3 is 4.84 Å². The number of halogens is 1. The quantitative estimate of drug-likeness (QED) is 0.753. The van der Waals surface area contributed by atoms with Crippen molar-refractivity contribution in [2.45, 2.75) is 36.6 Å². The van der Waals surface area contributed by atoms with Gasteiger partial charge in [0.2, 0.25) is 0 Å². The third kappa shape index (κ3) is 2.13. The van der Waals surface area contributed by atoms with Gasteiger partial charge in [0.25, 0.3) is 0 Å². The Morgan fingerprint density at radius 1 is 1.24 bits per heavy atom. The van der Waals surface area contributed by atoms with E-state index in [4.69, 9.17) is 4.84 Å². The van der Waals surface area contributed by atoms with Crippen LogP contribution in [-0.2, 0) is 4.84 Å². The van der Waals surface area contributed by atoms with Gasteiger partial charge in [0.1, 0.15) is 0 Å². The minimum Gasteiger partial charge on any atom is -0.390 e. The fourth-order valence-corrected chi connectivity index (χ4v) is 3.55. The van der Waals surface area contributed by atoms with Crippen LogP contribution in [0.1, 0.15) is 36.1 Å². The summed E-state index contributed by atoms with van der Waals surface area (Å²) in [6, 6.07) is 10.5. The molecule has 2 nitrogen and oxygen atoms in total. The van der Waals surface area contributed by atoms with Crippen molar-refractivity contribution in [1.82, 2.24) is 0 Å². The Bertz CT molecular complexity index is 417. The van der Waals surface area contributed by atoms with Crippen LogP contribution in [-0.4, -0.2) is 11.8 Å². The summed E-state index contributed by atoms with van der Waals surface area (Å²) in [6.07, 6.45) is 5.09. The highest BCUT2D eigenvalue weighted by molar-refractivity contribution is 9.09. The molecule has 1 saturated carbocycles. The van der Waals surface area contributed by atoms with Crippen LogP contribution >= 0.6 is 15.9 Å². The maximum absolute atomic E-state index is 5.66. The first-order valence-electron chi connectivity index (χ1n) is 6.28. The number of benzene rings is 1. The van der Waals surface area contributed by atoms with Gasteiger partial charge in [0, 0.05) is 5.92 Å². The maximum atomic E-state index is 5.66. The molecule has 0 spiro atoms. The summed E-state index contributed by atoms with van der Waals surface area (Å²) in [6.45, 7) is 0. The minimum atomic E-state index is 0.174. The Morgan fingerprint density at radius 3 is 2.88 bits per heavy atom. The number of nitrogens with zero attached hydrogens (tertiary/aromatic N) is 1. The Labute approximate surface area is 110 Å². The summed E-state index contributed by atoms with van der Waals surface area (Å²) in [4.78, 5) is 5.90. The van der Waals surface area contributed by atoms with Crippen molar-refractivity contribution in [3.63, 3.8) is 0 Å². The Kier molecular flexibility index (Phi) is 3.19. The first-order valence-corrected chi connectivity index (χ1v) is 7.19. The van der Waals surface area contributed by atoms with Gasteiger partial charge in [0.05, 0.1) is 10.5 Å². The summed E-state index contributed by atoms with van der Waals surface area (Å²) in [7, 11) is 0. The number of alkyl halides is 1. The lowest BCUT2D eigenvalue weighted by Gasteiger charge is -2.25. The summed E-state index contributed by atoms with van der Waals surface area (Å²) in [5.74, 6) is 0.522. The Balaban J connectivity index is 1.78. The Morgan fingerprint density at radius 2 is 2.06 bits per heavy atom. The van der Waals surface area contributed by atoms with Crippen molar-refractivity contribution in [3.05, 3.63) is 35.9 Å². The zero-order valence-electron chi connectivity index (χ0n) is 9.68. The second-order valence-corrected chi connectivity index (χ2v) is 5.80. The molecule has 1 aliphatic heterocycles. The van der Waals surface area contributed by atoms with Crippen LogP contribution in [0.25, 0.3) is 0 Å². The highest BCUT2D eigenvalue weighted by Gasteiger charge is 2.39. The molecule has 1 aliphatic carbocycles. The maximum Gasteiger partial charge on any atom is 0.152 e. The van der Waals surface area contributed by atoms with Gasteiger partial charge in [-0.3, -0.25) is 0 Å². The van der Waals surface area contributed by atoms with Gasteiger partial charge in [-0.1, -0.05) is 57.8 Å². The normalized spacial score (nSPS) is 29.1. The molecule has 3 atom stereocenters. The van der Waals surface area contributed by atoms with E-state index in [1.165, 1.54) is 30.5 Å². The van der Waals surface area contributed by atoms with Gasteiger partial charge in [-0.25, -0.2) is 0 Å². The van der Waals surface area contributed by atoms with Crippen LogP contribution in [0.3, 0.4) is 0 Å². The summed E-state index contributed by atoms with van der Waals surface area (Å²) < 4.78 is 0. The number of rotatable bonds is 2. The highest BCUT2D eigenvalue weighted by atomic mass is 79.9. The molecule has 0 saturated heterocycles. The average Bonchev–Trinajstić information content (AvgIpc) is 2.83. The van der Waals surface area contributed by atoms with Gasteiger partial charge in [-0.15, -0.1) is 0 Å². The van der Waals surface area contributed by atoms with Crippen molar-refractivity contribution in [1.29, 1.82) is 0 Å². The first-order chi connectivity index (χ1) is 8.36. The van der Waals surface area contributed by atoms with Crippen LogP contribution in [0.4, 0.5) is 0 Å². The van der Waals surface area contributed by atoms with E-state index < -0.39 is 0 Å². The number of hydrogen-bond donors (Lipinski definition) is 0. The van der Waals surface area contributed by atoms with Crippen LogP contribution in [0.15, 0.2) is 35.5 Å². The topological polar surface area (TPSA) is 21.6 Å². The van der Waals surface area contributed by atoms with Gasteiger partial charge in [0.15, 0.2) is 6.10 Å². The second kappa shape index (κ2) is 4.81. The molecule has 1 unspecified atom stereocenters. The predicted molar refractivity (Wildman–Crippen MR) is 72.4 cm³/mol. The molecule has 3 rings (SSSR count). The molecule has 0 amide bonds. The van der Waals surface area contributed by atoms with Crippen molar-refractivity contribution in [2.24, 2.45) is 11.1 Å². The fraction of sp³-hybridized carbons (Fsp3) is 0.500. The molecule has 0 bridgehead atoms. The van der Waals surface area contributed by atoms with Crippen LogP contribution in [0.2, 0.25) is 0 Å². The summed E-state index contributed by atoms with van der Waals surface area (Å²) in [5, 5.41) is 4.27. The van der Waals surface area contributed by atoms with E-state index in [0.717, 1.165) is 6.42 Å². The number of hydrogen-bond acceptors (Lipinski definition) is 2. The smallest absolute Gasteiger partial charge is 0.152 e. The molecule has 1 fully saturated rings. The van der Waals surface area contributed by atoms with Crippen molar-refractivity contribution >= 4 is 21.6 Å². The average molecular weight is 294 g/mol. The molecular formula is C14H16BrNO. The third-order valence-corrected chi connectivity index (χ3v) is 4.77. The molecule has 1 aromatic carbocycles. The molecule has 3 heteroatoms. The van der Waals surface area contributed by atoms with E-state index in [1.807, 2.05) is 6.07 Å². The zero-order valence-corrected chi connectivity index (χ0v) is 11.3. The lowest BCUT2D eigenvalue weighted by molar-refractivity contribution is 0.0587. The molecule has 90 valence electrons. The zero-order chi connectivity index (χ0) is 11.7. The van der Waals surface area contributed by atoms with E-state index in [0.29, 0.717) is 5.92 Å². The highest BCUT2D eigenvalue weighted by Crippen LogP contribution is 2.40. The molecule has 0 aromatic heterocycles. The third-order valence-electron chi connectivity index (χ3n) is 3.72. The lowest BCUT2D eigenvalue weighted by atomic mass is 9.82. The molecule has 0 N–H and O–H groups in total. The predicted octanol–water partition coefficient (Wildman–Crippen LogP) is 4.07. The number of oxime groups is 1. The van der Waals surface area contributed by atoms with Crippen LogP contribution in [0, 0.1) is 5.92 Å². The monoisotopic (exact) mass is 293 g/mol. The van der Waals surface area contributed by atoms with E-state index in [9.17, 15) is 0 Å². The minimum absolute atomic E-state index is 0.174. The lowest BCUT2D eigenvalue weighted by Crippen LogP contribution is -2.29. The van der Waals surface area contributed by atoms with E-state index in [-0.39, 0.29) is 10.9 Å². The van der Waals surface area contributed by atoms with Gasteiger partial charge in [-0.05, 0) is 24.8 Å². The van der Waals surface area contributed by atoms with Crippen molar-refractivity contribution < 1.29 is 4.84 Å². The molecule has 17 heavy (non-hydrogen) atoms. The van der Waals surface area contributed by atoms with E-state index in [2.05, 4.69) is 45.4 Å². The number of fused-ring (bicyclic) bond motifs is 1. The molecule has 0 radical (unpaired) electrons. The van der Waals surface area contributed by atoms with E-state index in [1.54, 1.807) is 0 Å². The second-order valence-electron chi connectivity index (χ2n) is 4.82. The Hall–Kier alpha value is -0.830. The van der Waals surface area contributed by atoms with Crippen LogP contribution in [0.5, 0.6) is 0 Å². The van der Waals surface area contributed by atoms with E-state index >= 15 is 0 Å². The van der Waals surface area contributed by atoms with Gasteiger partial charge >= 0.3 is 0 Å². The summed E-state index contributed by atoms with van der Waals surface area (Å²) >= 11 is 3.78. The van der Waals surface area contributed by atoms with Crippen molar-refractivity contribution in [3.8, 4) is 0 Å². The molecule has 1 aromatic rings. The standard InChI is InChI=1S/C14H16BrNO/c15-13(10-6-2-1-3-7-10)14-11-8-4-5-9-12(11)16-17-14/h1-3,6-7,11,13-14H,4-5,8-9H2/t11?,13-,14+/m0/s1. The van der Waals surface area contributed by atoms with Gasteiger partial charge in [-0.2, -0.15) is 0 Å².